The minimum atomic E-state index is -0.885. The summed E-state index contributed by atoms with van der Waals surface area (Å²) in [5.41, 5.74) is 3.68. The molecule has 0 radical (unpaired) electrons. The third-order valence-corrected chi connectivity index (χ3v) is 6.85. The van der Waals surface area contributed by atoms with Crippen molar-refractivity contribution in [3.63, 3.8) is 0 Å². The predicted octanol–water partition coefficient (Wildman–Crippen LogP) is 5.34. The Kier molecular flexibility index (Phi) is 5.99. The van der Waals surface area contributed by atoms with E-state index in [4.69, 9.17) is 25.8 Å². The van der Waals surface area contributed by atoms with Crippen LogP contribution in [0.4, 0.5) is 4.79 Å². The number of Topliss-reactive ketones (excluding diaryl/α,β-unsaturated/α-hetero) is 1. The first-order valence-corrected chi connectivity index (χ1v) is 12.3. The van der Waals surface area contributed by atoms with E-state index in [1.807, 2.05) is 24.3 Å². The van der Waals surface area contributed by atoms with Crippen LogP contribution in [0.2, 0.25) is 5.02 Å². The molecule has 1 saturated heterocycles. The molecular weight excluding hydrogens is 470 g/mol. The first kappa shape index (κ1) is 23.7. The van der Waals surface area contributed by atoms with Crippen molar-refractivity contribution < 1.29 is 28.6 Å². The van der Waals surface area contributed by atoms with E-state index in [2.05, 4.69) is 0 Å². The minimum absolute atomic E-state index is 0.241. The zero-order chi connectivity index (χ0) is 24.9. The molecule has 2 unspecified atom stereocenters. The van der Waals surface area contributed by atoms with Crippen molar-refractivity contribution in [3.8, 4) is 16.9 Å². The van der Waals surface area contributed by atoms with Crippen LogP contribution in [0.1, 0.15) is 61.5 Å². The number of ketones is 1. The summed E-state index contributed by atoms with van der Waals surface area (Å²) in [4.78, 5) is 40.2. The third kappa shape index (κ3) is 4.49. The second-order valence-electron chi connectivity index (χ2n) is 10.2. The van der Waals surface area contributed by atoms with Gasteiger partial charge in [-0.2, -0.15) is 0 Å². The van der Waals surface area contributed by atoms with Crippen LogP contribution >= 0.6 is 11.6 Å². The van der Waals surface area contributed by atoms with Gasteiger partial charge in [0.25, 0.3) is 0 Å². The Morgan fingerprint density at radius 1 is 1.09 bits per heavy atom. The monoisotopic (exact) mass is 497 g/mol. The van der Waals surface area contributed by atoms with Crippen molar-refractivity contribution in [2.45, 2.75) is 70.8 Å². The van der Waals surface area contributed by atoms with Crippen LogP contribution in [0.5, 0.6) is 5.75 Å². The SMILES string of the molecule is CC(C)(C)OC(=O)N1CCCC1C(=O)OC1CCc2c(ccc3c2OCc2cc(Cl)ccc2-3)C1=O. The number of carbonyl (C=O) groups excluding carboxylic acids is 3. The van der Waals surface area contributed by atoms with Crippen LogP contribution in [0.3, 0.4) is 0 Å². The van der Waals surface area contributed by atoms with Crippen molar-refractivity contribution in [2.24, 2.45) is 0 Å². The fourth-order valence-corrected chi connectivity index (χ4v) is 5.23. The highest BCUT2D eigenvalue weighted by molar-refractivity contribution is 6.30. The molecule has 5 rings (SSSR count). The number of hydrogen-bond donors (Lipinski definition) is 0. The van der Waals surface area contributed by atoms with Gasteiger partial charge in [0.1, 0.15) is 24.0 Å². The highest BCUT2D eigenvalue weighted by Crippen LogP contribution is 2.44. The van der Waals surface area contributed by atoms with Gasteiger partial charge in [0.05, 0.1) is 0 Å². The molecule has 3 aliphatic rings. The molecule has 0 aromatic heterocycles. The Morgan fingerprint density at radius 2 is 1.83 bits per heavy atom. The number of hydrogen-bond acceptors (Lipinski definition) is 6. The number of ether oxygens (including phenoxy) is 3. The average molecular weight is 498 g/mol. The summed E-state index contributed by atoms with van der Waals surface area (Å²) in [6, 6.07) is 8.63. The Bertz CT molecular complexity index is 1220. The van der Waals surface area contributed by atoms with Gasteiger partial charge in [-0.15, -0.1) is 0 Å². The molecule has 35 heavy (non-hydrogen) atoms. The molecule has 2 aliphatic heterocycles. The maximum atomic E-state index is 13.3. The van der Waals surface area contributed by atoms with E-state index in [1.54, 1.807) is 26.8 Å². The molecule has 1 amide bonds. The number of fused-ring (bicyclic) bond motifs is 5. The molecule has 8 heteroatoms. The molecule has 0 bridgehead atoms. The molecule has 1 fully saturated rings. The zero-order valence-electron chi connectivity index (χ0n) is 20.1. The van der Waals surface area contributed by atoms with Gasteiger partial charge >= 0.3 is 12.1 Å². The second-order valence-corrected chi connectivity index (χ2v) is 10.7. The second kappa shape index (κ2) is 8.86. The lowest BCUT2D eigenvalue weighted by Gasteiger charge is -2.31. The largest absolute Gasteiger partial charge is 0.488 e. The Balaban J connectivity index is 1.33. The molecule has 2 aromatic carbocycles. The lowest BCUT2D eigenvalue weighted by molar-refractivity contribution is -0.152. The van der Waals surface area contributed by atoms with Gasteiger partial charge in [0.2, 0.25) is 5.78 Å². The molecule has 1 aliphatic carbocycles. The van der Waals surface area contributed by atoms with E-state index in [-0.39, 0.29) is 5.78 Å². The zero-order valence-corrected chi connectivity index (χ0v) is 20.8. The van der Waals surface area contributed by atoms with Gasteiger partial charge in [-0.3, -0.25) is 9.69 Å². The summed E-state index contributed by atoms with van der Waals surface area (Å²) in [6.45, 7) is 6.15. The number of amides is 1. The molecule has 2 aromatic rings. The molecule has 0 spiro atoms. The van der Waals surface area contributed by atoms with Crippen LogP contribution in [0.25, 0.3) is 11.1 Å². The third-order valence-electron chi connectivity index (χ3n) is 6.62. The number of rotatable bonds is 2. The van der Waals surface area contributed by atoms with Gasteiger partial charge in [-0.05, 0) is 75.8 Å². The van der Waals surface area contributed by atoms with Crippen LogP contribution in [0, 0.1) is 0 Å². The standard InChI is InChI=1S/C27H28ClNO6/c1-27(2,3)35-26(32)29-12-4-5-21(29)25(31)34-22-11-10-20-18(23(22)30)8-9-19-17-7-6-16(28)13-15(17)14-33-24(19)20/h6-9,13,21-22H,4-5,10-12,14H2,1-3H3. The molecule has 2 heterocycles. The lowest BCUT2D eigenvalue weighted by atomic mass is 9.84. The normalized spacial score (nSPS) is 20.9. The first-order chi connectivity index (χ1) is 16.6. The Hall–Kier alpha value is -3.06. The average Bonchev–Trinajstić information content (AvgIpc) is 3.29. The topological polar surface area (TPSA) is 82.1 Å². The molecular formula is C27H28ClNO6. The van der Waals surface area contributed by atoms with Gasteiger partial charge in [-0.25, -0.2) is 9.59 Å². The van der Waals surface area contributed by atoms with E-state index in [0.29, 0.717) is 55.2 Å². The van der Waals surface area contributed by atoms with Crippen molar-refractivity contribution in [1.82, 2.24) is 4.90 Å². The molecule has 184 valence electrons. The smallest absolute Gasteiger partial charge is 0.411 e. The first-order valence-electron chi connectivity index (χ1n) is 11.9. The number of esters is 1. The fourth-order valence-electron chi connectivity index (χ4n) is 5.04. The van der Waals surface area contributed by atoms with Gasteiger partial charge in [-0.1, -0.05) is 23.7 Å². The lowest BCUT2D eigenvalue weighted by Crippen LogP contribution is -2.45. The van der Waals surface area contributed by atoms with E-state index >= 15 is 0 Å². The van der Waals surface area contributed by atoms with E-state index in [0.717, 1.165) is 22.3 Å². The van der Waals surface area contributed by atoms with Crippen molar-refractivity contribution >= 4 is 29.4 Å². The maximum Gasteiger partial charge on any atom is 0.411 e. The number of nitrogens with zero attached hydrogens (tertiary/aromatic N) is 1. The molecule has 0 N–H and O–H groups in total. The number of halogens is 1. The Morgan fingerprint density at radius 3 is 2.60 bits per heavy atom. The summed E-state index contributed by atoms with van der Waals surface area (Å²) in [7, 11) is 0. The summed E-state index contributed by atoms with van der Waals surface area (Å²) in [5.74, 6) is -0.0905. The highest BCUT2D eigenvalue weighted by Gasteiger charge is 2.41. The molecule has 0 saturated carbocycles. The van der Waals surface area contributed by atoms with Crippen molar-refractivity contribution in [1.29, 1.82) is 0 Å². The summed E-state index contributed by atoms with van der Waals surface area (Å²) >= 11 is 6.13. The summed E-state index contributed by atoms with van der Waals surface area (Å²) in [6.07, 6.45) is 0.651. The maximum absolute atomic E-state index is 13.3. The van der Waals surface area contributed by atoms with Crippen molar-refractivity contribution in [3.05, 3.63) is 52.0 Å². The minimum Gasteiger partial charge on any atom is -0.488 e. The van der Waals surface area contributed by atoms with Crippen molar-refractivity contribution in [2.75, 3.05) is 6.54 Å². The van der Waals surface area contributed by atoms with Crippen LogP contribution in [-0.2, 0) is 27.3 Å². The number of benzene rings is 2. The number of carbonyl (C=O) groups is 3. The molecule has 7 nitrogen and oxygen atoms in total. The van der Waals surface area contributed by atoms with Crippen LogP contribution < -0.4 is 4.74 Å². The van der Waals surface area contributed by atoms with E-state index < -0.39 is 29.8 Å². The van der Waals surface area contributed by atoms with E-state index in [1.165, 1.54) is 4.90 Å². The van der Waals surface area contributed by atoms with Gasteiger partial charge < -0.3 is 14.2 Å². The fraction of sp³-hybridized carbons (Fsp3) is 0.444. The van der Waals surface area contributed by atoms with E-state index in [9.17, 15) is 14.4 Å². The quantitative estimate of drug-likeness (QED) is 0.521. The van der Waals surface area contributed by atoms with Crippen LogP contribution in [0.15, 0.2) is 30.3 Å². The highest BCUT2D eigenvalue weighted by atomic mass is 35.5. The summed E-state index contributed by atoms with van der Waals surface area (Å²) < 4.78 is 17.2. The van der Waals surface area contributed by atoms with Gasteiger partial charge in [0.15, 0.2) is 6.10 Å². The summed E-state index contributed by atoms with van der Waals surface area (Å²) in [5, 5.41) is 0.654. The van der Waals surface area contributed by atoms with Crippen LogP contribution in [-0.4, -0.2) is 47.0 Å². The number of likely N-dealkylation sites (tertiary alicyclic amines) is 1. The predicted molar refractivity (Wildman–Crippen MR) is 130 cm³/mol. The molecule has 2 atom stereocenters. The van der Waals surface area contributed by atoms with Gasteiger partial charge in [0, 0.05) is 28.3 Å². The Labute approximate surface area is 209 Å².